The quantitative estimate of drug-likeness (QED) is 0.324. The fourth-order valence-electron chi connectivity index (χ4n) is 3.06. The van der Waals surface area contributed by atoms with Crippen LogP contribution < -0.4 is 15.4 Å². The molecule has 3 aromatic rings. The smallest absolute Gasteiger partial charge is 0.406 e. The zero-order valence-corrected chi connectivity index (χ0v) is 20.1. The predicted octanol–water partition coefficient (Wildman–Crippen LogP) is 6.22. The third kappa shape index (κ3) is 7.90. The maximum absolute atomic E-state index is 12.7. The van der Waals surface area contributed by atoms with Gasteiger partial charge < -0.3 is 20.3 Å². The predicted molar refractivity (Wildman–Crippen MR) is 128 cm³/mol. The normalized spacial score (nSPS) is 11.5. The SMILES string of the molecule is Cc1cc(Nc2cc(-c3cccc(OC(F)(F)F)c3)nc(NCCCN(C)C)n2)ccc1Br. The summed E-state index contributed by atoms with van der Waals surface area (Å²) >= 11 is 3.48. The average molecular weight is 524 g/mol. The molecule has 0 aliphatic heterocycles. The highest BCUT2D eigenvalue weighted by molar-refractivity contribution is 9.10. The van der Waals surface area contributed by atoms with Gasteiger partial charge in [0.2, 0.25) is 5.95 Å². The zero-order chi connectivity index (χ0) is 24.0. The van der Waals surface area contributed by atoms with Gasteiger partial charge in [-0.3, -0.25) is 0 Å². The summed E-state index contributed by atoms with van der Waals surface area (Å²) in [7, 11) is 3.99. The van der Waals surface area contributed by atoms with E-state index in [-0.39, 0.29) is 5.75 Å². The molecule has 1 aromatic heterocycles. The summed E-state index contributed by atoms with van der Waals surface area (Å²) in [5, 5.41) is 6.45. The average Bonchev–Trinajstić information content (AvgIpc) is 2.73. The van der Waals surface area contributed by atoms with Gasteiger partial charge in [-0.15, -0.1) is 13.2 Å². The highest BCUT2D eigenvalue weighted by Gasteiger charge is 2.31. The van der Waals surface area contributed by atoms with Crippen LogP contribution in [0.1, 0.15) is 12.0 Å². The van der Waals surface area contributed by atoms with E-state index in [1.54, 1.807) is 12.1 Å². The van der Waals surface area contributed by atoms with E-state index in [9.17, 15) is 13.2 Å². The molecule has 0 bridgehead atoms. The summed E-state index contributed by atoms with van der Waals surface area (Å²) in [5.41, 5.74) is 2.82. The monoisotopic (exact) mass is 523 g/mol. The lowest BCUT2D eigenvalue weighted by atomic mass is 10.1. The number of ether oxygens (including phenoxy) is 1. The molecule has 0 aliphatic rings. The molecule has 3 rings (SSSR count). The molecule has 0 radical (unpaired) electrons. The molecule has 33 heavy (non-hydrogen) atoms. The first-order valence-corrected chi connectivity index (χ1v) is 11.1. The zero-order valence-electron chi connectivity index (χ0n) is 18.5. The Hall–Kier alpha value is -2.85. The fourth-order valence-corrected chi connectivity index (χ4v) is 3.30. The molecular weight excluding hydrogens is 499 g/mol. The summed E-state index contributed by atoms with van der Waals surface area (Å²) in [6, 6.07) is 13.2. The van der Waals surface area contributed by atoms with E-state index in [1.807, 2.05) is 39.2 Å². The molecule has 10 heteroatoms. The van der Waals surface area contributed by atoms with Crippen LogP contribution in [0.5, 0.6) is 5.75 Å². The minimum absolute atomic E-state index is 0.308. The Morgan fingerprint density at radius 3 is 2.55 bits per heavy atom. The van der Waals surface area contributed by atoms with Gasteiger partial charge in [-0.2, -0.15) is 4.98 Å². The Morgan fingerprint density at radius 2 is 1.85 bits per heavy atom. The molecule has 0 saturated heterocycles. The summed E-state index contributed by atoms with van der Waals surface area (Å²) in [4.78, 5) is 11.1. The topological polar surface area (TPSA) is 62.3 Å². The number of benzene rings is 2. The summed E-state index contributed by atoms with van der Waals surface area (Å²) in [5.74, 6) is 0.584. The number of hydrogen-bond acceptors (Lipinski definition) is 6. The van der Waals surface area contributed by atoms with Gasteiger partial charge >= 0.3 is 6.36 Å². The van der Waals surface area contributed by atoms with Crippen molar-refractivity contribution in [1.82, 2.24) is 14.9 Å². The van der Waals surface area contributed by atoms with Crippen LogP contribution in [0.3, 0.4) is 0 Å². The van der Waals surface area contributed by atoms with Gasteiger partial charge in [-0.1, -0.05) is 28.1 Å². The van der Waals surface area contributed by atoms with Crippen molar-refractivity contribution in [3.8, 4) is 17.0 Å². The standard InChI is InChI=1S/C23H25BrF3N5O/c1-15-12-17(8-9-19(15)24)29-21-14-20(30-22(31-21)28-10-5-11-32(2)3)16-6-4-7-18(13-16)33-23(25,26)27/h4,6-9,12-14H,5,10-11H2,1-3H3,(H2,28,29,30,31). The summed E-state index contributed by atoms with van der Waals surface area (Å²) in [6.07, 6.45) is -3.89. The van der Waals surface area contributed by atoms with E-state index in [2.05, 4.69) is 46.2 Å². The molecule has 0 spiro atoms. The van der Waals surface area contributed by atoms with Crippen molar-refractivity contribution in [2.45, 2.75) is 19.7 Å². The highest BCUT2D eigenvalue weighted by atomic mass is 79.9. The number of aromatic nitrogens is 2. The van der Waals surface area contributed by atoms with Crippen molar-refractivity contribution >= 4 is 33.4 Å². The van der Waals surface area contributed by atoms with Gasteiger partial charge in [0.15, 0.2) is 0 Å². The van der Waals surface area contributed by atoms with Crippen molar-refractivity contribution in [2.24, 2.45) is 0 Å². The third-order valence-electron chi connectivity index (χ3n) is 4.59. The van der Waals surface area contributed by atoms with Crippen molar-refractivity contribution in [3.05, 3.63) is 58.6 Å². The second-order valence-corrected chi connectivity index (χ2v) is 8.56. The third-order valence-corrected chi connectivity index (χ3v) is 5.47. The second kappa shape index (κ2) is 10.8. The van der Waals surface area contributed by atoms with Crippen LogP contribution in [-0.2, 0) is 0 Å². The summed E-state index contributed by atoms with van der Waals surface area (Å²) in [6.45, 7) is 3.52. The first kappa shape index (κ1) is 24.8. The number of rotatable bonds is 9. The van der Waals surface area contributed by atoms with Crippen LogP contribution in [0.15, 0.2) is 53.0 Å². The van der Waals surface area contributed by atoms with E-state index >= 15 is 0 Å². The number of hydrogen-bond donors (Lipinski definition) is 2. The maximum atomic E-state index is 12.7. The van der Waals surface area contributed by atoms with Gasteiger partial charge in [0, 0.05) is 28.3 Å². The van der Waals surface area contributed by atoms with E-state index in [0.717, 1.165) is 28.7 Å². The maximum Gasteiger partial charge on any atom is 0.573 e. The fraction of sp³-hybridized carbons (Fsp3) is 0.304. The molecule has 0 saturated carbocycles. The molecule has 0 amide bonds. The molecule has 2 aromatic carbocycles. The summed E-state index contributed by atoms with van der Waals surface area (Å²) < 4.78 is 43.0. The van der Waals surface area contributed by atoms with E-state index in [4.69, 9.17) is 0 Å². The van der Waals surface area contributed by atoms with Gasteiger partial charge in [0.25, 0.3) is 0 Å². The second-order valence-electron chi connectivity index (χ2n) is 7.71. The van der Waals surface area contributed by atoms with Gasteiger partial charge in [-0.25, -0.2) is 4.98 Å². The Bertz CT molecular complexity index is 1090. The molecule has 1 heterocycles. The molecule has 0 aliphatic carbocycles. The van der Waals surface area contributed by atoms with E-state index < -0.39 is 6.36 Å². The van der Waals surface area contributed by atoms with Crippen molar-refractivity contribution < 1.29 is 17.9 Å². The van der Waals surface area contributed by atoms with Crippen LogP contribution in [0.4, 0.5) is 30.6 Å². The van der Waals surface area contributed by atoms with Crippen LogP contribution >= 0.6 is 15.9 Å². The molecule has 6 nitrogen and oxygen atoms in total. The minimum Gasteiger partial charge on any atom is -0.406 e. The number of nitrogens with one attached hydrogen (secondary N) is 2. The van der Waals surface area contributed by atoms with Crippen LogP contribution in [0.2, 0.25) is 0 Å². The Balaban J connectivity index is 1.91. The van der Waals surface area contributed by atoms with Crippen molar-refractivity contribution in [3.63, 3.8) is 0 Å². The lowest BCUT2D eigenvalue weighted by molar-refractivity contribution is -0.274. The Labute approximate surface area is 199 Å². The first-order valence-electron chi connectivity index (χ1n) is 10.3. The van der Waals surface area contributed by atoms with Crippen LogP contribution in [0.25, 0.3) is 11.3 Å². The first-order chi connectivity index (χ1) is 15.6. The number of aryl methyl sites for hydroxylation is 1. The molecule has 176 valence electrons. The largest absolute Gasteiger partial charge is 0.573 e. The molecule has 2 N–H and O–H groups in total. The van der Waals surface area contributed by atoms with Gasteiger partial charge in [0.05, 0.1) is 5.69 Å². The van der Waals surface area contributed by atoms with Gasteiger partial charge in [0.1, 0.15) is 11.6 Å². The van der Waals surface area contributed by atoms with Crippen molar-refractivity contribution in [1.29, 1.82) is 0 Å². The molecule has 0 atom stereocenters. The minimum atomic E-state index is -4.77. The molecule has 0 fully saturated rings. The lowest BCUT2D eigenvalue weighted by Gasteiger charge is -2.14. The van der Waals surface area contributed by atoms with E-state index in [1.165, 1.54) is 18.2 Å². The number of alkyl halides is 3. The molecular formula is C23H25BrF3N5O. The van der Waals surface area contributed by atoms with E-state index in [0.29, 0.717) is 29.6 Å². The number of nitrogens with zero attached hydrogens (tertiary/aromatic N) is 3. The highest BCUT2D eigenvalue weighted by Crippen LogP contribution is 2.30. The van der Waals surface area contributed by atoms with Crippen LogP contribution in [-0.4, -0.2) is 48.4 Å². The Kier molecular flexibility index (Phi) is 8.15. The lowest BCUT2D eigenvalue weighted by Crippen LogP contribution is -2.17. The van der Waals surface area contributed by atoms with Crippen molar-refractivity contribution in [2.75, 3.05) is 37.8 Å². The molecule has 0 unspecified atom stereocenters. The number of halogens is 4. The van der Waals surface area contributed by atoms with Crippen LogP contribution in [0, 0.1) is 6.92 Å². The van der Waals surface area contributed by atoms with Gasteiger partial charge in [-0.05, 0) is 69.9 Å². The Morgan fingerprint density at radius 1 is 1.06 bits per heavy atom. The number of anilines is 3.